The lowest BCUT2D eigenvalue weighted by atomic mass is 10.0. The van der Waals surface area contributed by atoms with Crippen molar-refractivity contribution >= 4 is 17.6 Å². The molecule has 0 atom stereocenters. The maximum Gasteiger partial charge on any atom is 0.319 e. The summed E-state index contributed by atoms with van der Waals surface area (Å²) in [5.41, 5.74) is 1.29. The number of amides is 3. The lowest BCUT2D eigenvalue weighted by molar-refractivity contribution is 0.0642. The zero-order chi connectivity index (χ0) is 17.6. The molecule has 0 aromatic heterocycles. The summed E-state index contributed by atoms with van der Waals surface area (Å²) in [6.07, 6.45) is 5.03. The van der Waals surface area contributed by atoms with E-state index < -0.39 is 0 Å². The highest BCUT2D eigenvalue weighted by atomic mass is 16.2. The number of nitrogens with zero attached hydrogens (tertiary/aromatic N) is 1. The fourth-order valence-corrected chi connectivity index (χ4v) is 3.29. The largest absolute Gasteiger partial charge is 0.336 e. The molecular weight excluding hydrogens is 316 g/mol. The van der Waals surface area contributed by atoms with E-state index in [1.807, 2.05) is 23.1 Å². The van der Waals surface area contributed by atoms with Crippen molar-refractivity contribution in [2.45, 2.75) is 51.1 Å². The Hall–Kier alpha value is -2.08. The second-order valence-electron chi connectivity index (χ2n) is 6.93. The molecule has 3 N–H and O–H groups in total. The Bertz CT molecular complexity index is 609. The zero-order valence-electron chi connectivity index (χ0n) is 14.9. The first-order valence-electron chi connectivity index (χ1n) is 9.36. The maximum atomic E-state index is 13.0. The zero-order valence-corrected chi connectivity index (χ0v) is 14.9. The van der Waals surface area contributed by atoms with Crippen molar-refractivity contribution in [2.24, 2.45) is 0 Å². The molecule has 1 aliphatic carbocycles. The van der Waals surface area contributed by atoms with Crippen molar-refractivity contribution in [3.05, 3.63) is 29.8 Å². The summed E-state index contributed by atoms with van der Waals surface area (Å²) < 4.78 is 0. The van der Waals surface area contributed by atoms with Gasteiger partial charge in [-0.1, -0.05) is 13.0 Å². The maximum absolute atomic E-state index is 13.0. The number of nitrogens with one attached hydrogen (secondary N) is 3. The minimum atomic E-state index is -0.198. The molecule has 2 aliphatic rings. The van der Waals surface area contributed by atoms with Crippen molar-refractivity contribution in [1.82, 2.24) is 15.5 Å². The highest BCUT2D eigenvalue weighted by Crippen LogP contribution is 2.20. The lowest BCUT2D eigenvalue weighted by Crippen LogP contribution is -2.46. The van der Waals surface area contributed by atoms with Crippen LogP contribution < -0.4 is 16.0 Å². The molecule has 25 heavy (non-hydrogen) atoms. The number of carbonyl (C=O) groups is 2. The molecule has 1 heterocycles. The van der Waals surface area contributed by atoms with Crippen LogP contribution in [0, 0.1) is 0 Å². The van der Waals surface area contributed by atoms with Gasteiger partial charge >= 0.3 is 6.03 Å². The molecule has 0 spiro atoms. The first-order valence-corrected chi connectivity index (χ1v) is 9.36. The van der Waals surface area contributed by atoms with Gasteiger partial charge in [-0.15, -0.1) is 0 Å². The molecule has 1 saturated heterocycles. The van der Waals surface area contributed by atoms with E-state index in [1.165, 1.54) is 0 Å². The van der Waals surface area contributed by atoms with E-state index in [1.54, 1.807) is 6.07 Å². The molecule has 2 fully saturated rings. The summed E-state index contributed by atoms with van der Waals surface area (Å²) in [4.78, 5) is 26.9. The fourth-order valence-electron chi connectivity index (χ4n) is 3.29. The van der Waals surface area contributed by atoms with E-state index in [0.717, 1.165) is 51.7 Å². The van der Waals surface area contributed by atoms with Crippen LogP contribution in [0.25, 0.3) is 0 Å². The number of hydrogen-bond donors (Lipinski definition) is 3. The molecule has 6 nitrogen and oxygen atoms in total. The van der Waals surface area contributed by atoms with Crippen molar-refractivity contribution in [3.8, 4) is 0 Å². The molecule has 3 amide bonds. The second kappa shape index (κ2) is 8.34. The summed E-state index contributed by atoms with van der Waals surface area (Å²) in [5.74, 6) is 0.0556. The van der Waals surface area contributed by atoms with Gasteiger partial charge in [-0.25, -0.2) is 4.79 Å². The van der Waals surface area contributed by atoms with E-state index >= 15 is 0 Å². The number of rotatable bonds is 6. The van der Waals surface area contributed by atoms with Crippen LogP contribution in [-0.4, -0.2) is 48.6 Å². The SMILES string of the molecule is CCCN(C(=O)c1cccc(NC(=O)NC2CC2)c1)C1CCNCC1. The van der Waals surface area contributed by atoms with E-state index in [-0.39, 0.29) is 11.9 Å². The highest BCUT2D eigenvalue weighted by Gasteiger charge is 2.26. The lowest BCUT2D eigenvalue weighted by Gasteiger charge is -2.34. The summed E-state index contributed by atoms with van der Waals surface area (Å²) in [7, 11) is 0. The van der Waals surface area contributed by atoms with E-state index in [0.29, 0.717) is 23.3 Å². The van der Waals surface area contributed by atoms with Crippen molar-refractivity contribution < 1.29 is 9.59 Å². The molecule has 1 aromatic carbocycles. The third-order valence-corrected chi connectivity index (χ3v) is 4.75. The van der Waals surface area contributed by atoms with Crippen LogP contribution in [0.2, 0.25) is 0 Å². The van der Waals surface area contributed by atoms with Gasteiger partial charge in [-0.05, 0) is 63.4 Å². The number of piperidine rings is 1. The molecular formula is C19H28N4O2. The summed E-state index contributed by atoms with van der Waals surface area (Å²) in [5, 5.41) is 9.07. The molecule has 1 saturated carbocycles. The van der Waals surface area contributed by atoms with E-state index in [2.05, 4.69) is 22.9 Å². The molecule has 136 valence electrons. The minimum Gasteiger partial charge on any atom is -0.336 e. The smallest absolute Gasteiger partial charge is 0.319 e. The molecule has 0 unspecified atom stereocenters. The van der Waals surface area contributed by atoms with Crippen LogP contribution in [0.4, 0.5) is 10.5 Å². The highest BCUT2D eigenvalue weighted by molar-refractivity contribution is 5.97. The average Bonchev–Trinajstić information content (AvgIpc) is 3.44. The van der Waals surface area contributed by atoms with Gasteiger partial charge < -0.3 is 20.9 Å². The Labute approximate surface area is 149 Å². The van der Waals surface area contributed by atoms with Gasteiger partial charge in [0.25, 0.3) is 5.91 Å². The normalized spacial score (nSPS) is 17.8. The Morgan fingerprint density at radius 1 is 1.20 bits per heavy atom. The van der Waals surface area contributed by atoms with Crippen LogP contribution >= 0.6 is 0 Å². The number of urea groups is 1. The first-order chi connectivity index (χ1) is 12.2. The van der Waals surface area contributed by atoms with Crippen LogP contribution in [0.15, 0.2) is 24.3 Å². The second-order valence-corrected chi connectivity index (χ2v) is 6.93. The number of anilines is 1. The third kappa shape index (κ3) is 4.95. The molecule has 6 heteroatoms. The molecule has 0 bridgehead atoms. The van der Waals surface area contributed by atoms with Gasteiger partial charge in [0.1, 0.15) is 0 Å². The van der Waals surface area contributed by atoms with E-state index in [4.69, 9.17) is 0 Å². The molecule has 3 rings (SSSR count). The van der Waals surface area contributed by atoms with E-state index in [9.17, 15) is 9.59 Å². The van der Waals surface area contributed by atoms with Gasteiger partial charge in [-0.2, -0.15) is 0 Å². The summed E-state index contributed by atoms with van der Waals surface area (Å²) in [6.45, 7) is 4.78. The number of hydrogen-bond acceptors (Lipinski definition) is 3. The van der Waals surface area contributed by atoms with Gasteiger partial charge in [0.05, 0.1) is 0 Å². The third-order valence-electron chi connectivity index (χ3n) is 4.75. The Morgan fingerprint density at radius 3 is 2.64 bits per heavy atom. The molecule has 1 aromatic rings. The minimum absolute atomic E-state index is 0.0556. The first kappa shape index (κ1) is 17.7. The van der Waals surface area contributed by atoms with Crippen LogP contribution in [0.1, 0.15) is 49.4 Å². The Balaban J connectivity index is 1.68. The predicted octanol–water partition coefficient (Wildman–Crippen LogP) is 2.57. The van der Waals surface area contributed by atoms with Gasteiger partial charge in [-0.3, -0.25) is 4.79 Å². The van der Waals surface area contributed by atoms with Crippen LogP contribution in [0.3, 0.4) is 0 Å². The van der Waals surface area contributed by atoms with Crippen LogP contribution in [-0.2, 0) is 0 Å². The fraction of sp³-hybridized carbons (Fsp3) is 0.579. The number of carbonyl (C=O) groups excluding carboxylic acids is 2. The van der Waals surface area contributed by atoms with Gasteiger partial charge in [0.2, 0.25) is 0 Å². The molecule has 1 aliphatic heterocycles. The predicted molar refractivity (Wildman–Crippen MR) is 98.8 cm³/mol. The Morgan fingerprint density at radius 2 is 1.96 bits per heavy atom. The van der Waals surface area contributed by atoms with Gasteiger partial charge in [0.15, 0.2) is 0 Å². The summed E-state index contributed by atoms with van der Waals surface area (Å²) in [6, 6.07) is 7.66. The molecule has 0 radical (unpaired) electrons. The number of benzene rings is 1. The summed E-state index contributed by atoms with van der Waals surface area (Å²) >= 11 is 0. The van der Waals surface area contributed by atoms with Gasteiger partial charge in [0, 0.05) is 29.9 Å². The topological polar surface area (TPSA) is 73.5 Å². The van der Waals surface area contributed by atoms with Crippen molar-refractivity contribution in [1.29, 1.82) is 0 Å². The van der Waals surface area contributed by atoms with Crippen molar-refractivity contribution in [2.75, 3.05) is 25.0 Å². The van der Waals surface area contributed by atoms with Crippen LogP contribution in [0.5, 0.6) is 0 Å². The average molecular weight is 344 g/mol. The van der Waals surface area contributed by atoms with Crippen molar-refractivity contribution in [3.63, 3.8) is 0 Å². The quantitative estimate of drug-likeness (QED) is 0.742. The Kier molecular flexibility index (Phi) is 5.91. The monoisotopic (exact) mass is 344 g/mol. The standard InChI is InChI=1S/C19H28N4O2/c1-2-12-23(17-8-10-20-11-9-17)18(24)14-4-3-5-16(13-14)22-19(25)21-15-6-7-15/h3-5,13,15,17,20H,2,6-12H2,1H3,(H2,21,22,25).